The molecule has 3 N–H and O–H groups in total. The van der Waals surface area contributed by atoms with Crippen LogP contribution >= 0.6 is 15.9 Å². The minimum atomic E-state index is -0.283. The average Bonchev–Trinajstić information content (AvgIpc) is 2.40. The molecule has 5 heteroatoms. The van der Waals surface area contributed by atoms with Crippen molar-refractivity contribution in [3.8, 4) is 0 Å². The van der Waals surface area contributed by atoms with Crippen molar-refractivity contribution in [3.05, 3.63) is 52.6 Å². The van der Waals surface area contributed by atoms with E-state index in [0.717, 1.165) is 10.0 Å². The molecule has 1 unspecified atom stereocenters. The quantitative estimate of drug-likeness (QED) is 0.854. The number of nitrogens with one attached hydrogen (secondary N) is 1. The first kappa shape index (κ1) is 13.5. The van der Waals surface area contributed by atoms with E-state index < -0.39 is 0 Å². The number of halogens is 1. The average molecular weight is 320 g/mol. The lowest BCUT2D eigenvalue weighted by molar-refractivity contribution is -0.117. The van der Waals surface area contributed by atoms with Crippen molar-refractivity contribution in [1.82, 2.24) is 4.98 Å². The van der Waals surface area contributed by atoms with Crippen molar-refractivity contribution < 1.29 is 4.79 Å². The van der Waals surface area contributed by atoms with Gasteiger partial charge in [-0.15, -0.1) is 0 Å². The Bertz CT molecular complexity index is 583. The fourth-order valence-corrected chi connectivity index (χ4v) is 1.90. The number of hydrogen-bond acceptors (Lipinski definition) is 3. The van der Waals surface area contributed by atoms with Crippen molar-refractivity contribution in [2.75, 3.05) is 11.1 Å². The van der Waals surface area contributed by atoms with Gasteiger partial charge in [-0.05, 0) is 52.7 Å². The van der Waals surface area contributed by atoms with Gasteiger partial charge < -0.3 is 11.1 Å². The summed E-state index contributed by atoms with van der Waals surface area (Å²) in [5.41, 5.74) is 7.25. The molecule has 0 saturated carbocycles. The van der Waals surface area contributed by atoms with E-state index in [1.165, 1.54) is 0 Å². The van der Waals surface area contributed by atoms with E-state index in [-0.39, 0.29) is 11.8 Å². The molecule has 1 atom stereocenters. The molecule has 19 heavy (non-hydrogen) atoms. The highest BCUT2D eigenvalue weighted by Gasteiger charge is 2.15. The van der Waals surface area contributed by atoms with Crippen LogP contribution in [0.4, 0.5) is 11.5 Å². The number of nitrogens with two attached hydrogens (primary N) is 1. The molecule has 0 radical (unpaired) electrons. The topological polar surface area (TPSA) is 68.0 Å². The summed E-state index contributed by atoms with van der Waals surface area (Å²) in [5.74, 6) is 0.137. The van der Waals surface area contributed by atoms with Crippen LogP contribution in [0.15, 0.2) is 47.1 Å². The Kier molecular flexibility index (Phi) is 4.16. The molecule has 4 nitrogen and oxygen atoms in total. The van der Waals surface area contributed by atoms with Gasteiger partial charge in [0.2, 0.25) is 5.91 Å². The zero-order chi connectivity index (χ0) is 13.8. The predicted octanol–water partition coefficient (Wildman–Crippen LogP) is 3.17. The molecule has 0 aliphatic heterocycles. The number of rotatable bonds is 3. The lowest BCUT2D eigenvalue weighted by atomic mass is 10.00. The van der Waals surface area contributed by atoms with Gasteiger partial charge in [-0.1, -0.05) is 12.1 Å². The molecule has 0 fully saturated rings. The SMILES string of the molecule is CC(C(=O)Nc1ccc(Br)cn1)c1cccc(N)c1. The fourth-order valence-electron chi connectivity index (χ4n) is 1.66. The van der Waals surface area contributed by atoms with Crippen molar-refractivity contribution in [2.24, 2.45) is 0 Å². The first-order valence-electron chi connectivity index (χ1n) is 5.84. The third-order valence-corrected chi connectivity index (χ3v) is 3.25. The number of carbonyl (C=O) groups excluding carboxylic acids is 1. The summed E-state index contributed by atoms with van der Waals surface area (Å²) in [4.78, 5) is 16.2. The first-order valence-corrected chi connectivity index (χ1v) is 6.63. The molecule has 0 aliphatic rings. The molecule has 0 aliphatic carbocycles. The Balaban J connectivity index is 2.09. The summed E-state index contributed by atoms with van der Waals surface area (Å²) < 4.78 is 0.870. The van der Waals surface area contributed by atoms with Crippen molar-refractivity contribution in [3.63, 3.8) is 0 Å². The van der Waals surface area contributed by atoms with E-state index in [0.29, 0.717) is 11.5 Å². The highest BCUT2D eigenvalue weighted by molar-refractivity contribution is 9.10. The number of aromatic nitrogens is 1. The van der Waals surface area contributed by atoms with Gasteiger partial charge in [-0.3, -0.25) is 4.79 Å². The summed E-state index contributed by atoms with van der Waals surface area (Å²) in [6.07, 6.45) is 1.64. The normalized spacial score (nSPS) is 11.9. The van der Waals surface area contributed by atoms with Crippen LogP contribution in [0.25, 0.3) is 0 Å². The zero-order valence-electron chi connectivity index (χ0n) is 10.4. The van der Waals surface area contributed by atoms with Gasteiger partial charge >= 0.3 is 0 Å². The summed E-state index contributed by atoms with van der Waals surface area (Å²) in [6, 6.07) is 10.9. The Labute approximate surface area is 120 Å². The van der Waals surface area contributed by atoms with Gasteiger partial charge in [0, 0.05) is 16.4 Å². The van der Waals surface area contributed by atoms with E-state index in [1.54, 1.807) is 24.4 Å². The third-order valence-electron chi connectivity index (χ3n) is 2.78. The Morgan fingerprint density at radius 1 is 1.37 bits per heavy atom. The second-order valence-electron chi connectivity index (χ2n) is 4.24. The lowest BCUT2D eigenvalue weighted by Gasteiger charge is -2.12. The van der Waals surface area contributed by atoms with Gasteiger partial charge in [-0.2, -0.15) is 0 Å². The molecular formula is C14H14BrN3O. The number of pyridine rings is 1. The molecule has 2 aromatic rings. The van der Waals surface area contributed by atoms with Crippen LogP contribution in [0.2, 0.25) is 0 Å². The number of amides is 1. The summed E-state index contributed by atoms with van der Waals surface area (Å²) >= 11 is 3.30. The smallest absolute Gasteiger partial charge is 0.232 e. The molecule has 0 bridgehead atoms. The van der Waals surface area contributed by atoms with Crippen LogP contribution in [0.1, 0.15) is 18.4 Å². The van der Waals surface area contributed by atoms with Gasteiger partial charge in [0.25, 0.3) is 0 Å². The van der Waals surface area contributed by atoms with Crippen LogP contribution in [0, 0.1) is 0 Å². The zero-order valence-corrected chi connectivity index (χ0v) is 12.0. The van der Waals surface area contributed by atoms with Crippen molar-refractivity contribution in [1.29, 1.82) is 0 Å². The number of carbonyl (C=O) groups is 1. The first-order chi connectivity index (χ1) is 9.06. The molecule has 1 amide bonds. The minimum absolute atomic E-state index is 0.111. The minimum Gasteiger partial charge on any atom is -0.399 e. The van der Waals surface area contributed by atoms with Crippen LogP contribution in [-0.2, 0) is 4.79 Å². The number of benzene rings is 1. The maximum Gasteiger partial charge on any atom is 0.232 e. The van der Waals surface area contributed by atoms with Gasteiger partial charge in [0.1, 0.15) is 5.82 Å². The van der Waals surface area contributed by atoms with Crippen LogP contribution in [0.3, 0.4) is 0 Å². The highest BCUT2D eigenvalue weighted by atomic mass is 79.9. The van der Waals surface area contributed by atoms with Gasteiger partial charge in [0.05, 0.1) is 5.92 Å². The van der Waals surface area contributed by atoms with Crippen LogP contribution in [-0.4, -0.2) is 10.9 Å². The molecule has 2 rings (SSSR count). The Morgan fingerprint density at radius 3 is 2.79 bits per heavy atom. The lowest BCUT2D eigenvalue weighted by Crippen LogP contribution is -2.19. The van der Waals surface area contributed by atoms with Gasteiger partial charge in [0.15, 0.2) is 0 Å². The van der Waals surface area contributed by atoms with E-state index in [9.17, 15) is 4.79 Å². The van der Waals surface area contributed by atoms with E-state index in [1.807, 2.05) is 25.1 Å². The summed E-state index contributed by atoms with van der Waals surface area (Å²) in [7, 11) is 0. The predicted molar refractivity (Wildman–Crippen MR) is 79.8 cm³/mol. The van der Waals surface area contributed by atoms with E-state index in [4.69, 9.17) is 5.73 Å². The highest BCUT2D eigenvalue weighted by Crippen LogP contribution is 2.19. The second kappa shape index (κ2) is 5.84. The molecular weight excluding hydrogens is 306 g/mol. The maximum atomic E-state index is 12.1. The second-order valence-corrected chi connectivity index (χ2v) is 5.16. The maximum absolute atomic E-state index is 12.1. The van der Waals surface area contributed by atoms with Crippen molar-refractivity contribution in [2.45, 2.75) is 12.8 Å². The number of nitrogens with zero attached hydrogens (tertiary/aromatic N) is 1. The monoisotopic (exact) mass is 319 g/mol. The molecule has 0 saturated heterocycles. The Hall–Kier alpha value is -1.88. The van der Waals surface area contributed by atoms with Crippen LogP contribution < -0.4 is 11.1 Å². The molecule has 1 aromatic carbocycles. The molecule has 0 spiro atoms. The van der Waals surface area contributed by atoms with Gasteiger partial charge in [-0.25, -0.2) is 4.98 Å². The standard InChI is InChI=1S/C14H14BrN3O/c1-9(10-3-2-4-12(16)7-10)14(19)18-13-6-5-11(15)8-17-13/h2-9H,16H2,1H3,(H,17,18,19). The molecule has 1 heterocycles. The van der Waals surface area contributed by atoms with Crippen molar-refractivity contribution >= 4 is 33.3 Å². The van der Waals surface area contributed by atoms with E-state index in [2.05, 4.69) is 26.2 Å². The number of hydrogen-bond donors (Lipinski definition) is 2. The molecule has 98 valence electrons. The summed E-state index contributed by atoms with van der Waals surface area (Å²) in [6.45, 7) is 1.84. The fraction of sp³-hybridized carbons (Fsp3) is 0.143. The Morgan fingerprint density at radius 2 is 2.16 bits per heavy atom. The largest absolute Gasteiger partial charge is 0.399 e. The van der Waals surface area contributed by atoms with Crippen LogP contribution in [0.5, 0.6) is 0 Å². The number of nitrogen functional groups attached to an aromatic ring is 1. The number of anilines is 2. The summed E-state index contributed by atoms with van der Waals surface area (Å²) in [5, 5.41) is 2.78. The van der Waals surface area contributed by atoms with E-state index >= 15 is 0 Å². The third kappa shape index (κ3) is 3.54. The molecule has 1 aromatic heterocycles.